The van der Waals surface area contributed by atoms with Crippen LogP contribution < -0.4 is 10.6 Å². The van der Waals surface area contributed by atoms with Crippen molar-refractivity contribution in [3.8, 4) is 6.07 Å². The lowest BCUT2D eigenvalue weighted by Crippen LogP contribution is -2.39. The van der Waals surface area contributed by atoms with Crippen molar-refractivity contribution in [1.29, 1.82) is 5.26 Å². The van der Waals surface area contributed by atoms with Gasteiger partial charge in [-0.15, -0.1) is 11.3 Å². The summed E-state index contributed by atoms with van der Waals surface area (Å²) in [5.41, 5.74) is 2.01. The van der Waals surface area contributed by atoms with E-state index in [1.54, 1.807) is 30.5 Å². The molecule has 3 heterocycles. The molecule has 5 rings (SSSR count). The van der Waals surface area contributed by atoms with Crippen LogP contribution in [0, 0.1) is 17.2 Å². The third-order valence-corrected chi connectivity index (χ3v) is 7.96. The zero-order chi connectivity index (χ0) is 25.4. The second kappa shape index (κ2) is 9.89. The number of alkyl halides is 2. The second-order valence-corrected chi connectivity index (χ2v) is 10.1. The Hall–Kier alpha value is -3.46. The van der Waals surface area contributed by atoms with E-state index >= 15 is 0 Å². The molecule has 2 aliphatic carbocycles. The first-order valence-corrected chi connectivity index (χ1v) is 12.7. The maximum Gasteiger partial charge on any atom is 0.407 e. The van der Waals surface area contributed by atoms with Crippen molar-refractivity contribution in [3.63, 3.8) is 0 Å². The van der Waals surface area contributed by atoms with Gasteiger partial charge in [0.2, 0.25) is 0 Å². The zero-order valence-electron chi connectivity index (χ0n) is 19.9. The second-order valence-electron chi connectivity index (χ2n) is 9.26. The quantitative estimate of drug-likeness (QED) is 0.344. The number of pyridine rings is 1. The van der Waals surface area contributed by atoms with Crippen molar-refractivity contribution in [2.45, 2.75) is 57.1 Å². The van der Waals surface area contributed by atoms with Crippen LogP contribution >= 0.6 is 11.3 Å². The van der Waals surface area contributed by atoms with Crippen LogP contribution in [0.3, 0.4) is 0 Å². The van der Waals surface area contributed by atoms with Crippen LogP contribution in [0.5, 0.6) is 0 Å². The van der Waals surface area contributed by atoms with Gasteiger partial charge in [-0.25, -0.2) is 14.8 Å². The van der Waals surface area contributed by atoms with Crippen LogP contribution in [0.15, 0.2) is 27.5 Å². The van der Waals surface area contributed by atoms with Gasteiger partial charge in [-0.1, -0.05) is 5.16 Å². The molecule has 0 N–H and O–H groups in total. The van der Waals surface area contributed by atoms with Crippen LogP contribution in [0.2, 0.25) is 0 Å². The molecule has 36 heavy (non-hydrogen) atoms. The van der Waals surface area contributed by atoms with Crippen molar-refractivity contribution < 1.29 is 13.6 Å². The molecule has 12 heteroatoms. The third-order valence-electron chi connectivity index (χ3n) is 6.96. The molecule has 3 aromatic heterocycles. The lowest BCUT2D eigenvalue weighted by Gasteiger charge is -2.35. The summed E-state index contributed by atoms with van der Waals surface area (Å²) in [5, 5.41) is 16.0. The molecule has 0 atom stereocenters. The molecule has 2 aliphatic rings. The summed E-state index contributed by atoms with van der Waals surface area (Å²) < 4.78 is 27.0. The number of thiazole rings is 1. The van der Waals surface area contributed by atoms with Gasteiger partial charge in [0.05, 0.1) is 16.2 Å². The van der Waals surface area contributed by atoms with Gasteiger partial charge in [0.1, 0.15) is 23.0 Å². The fourth-order valence-electron chi connectivity index (χ4n) is 4.78. The topological polar surface area (TPSA) is 109 Å². The monoisotopic (exact) mass is 513 g/mol. The van der Waals surface area contributed by atoms with Crippen LogP contribution in [0.4, 0.5) is 14.6 Å². The van der Waals surface area contributed by atoms with Crippen molar-refractivity contribution in [3.05, 3.63) is 44.4 Å². The Labute approximate surface area is 210 Å². The number of anilines is 1. The van der Waals surface area contributed by atoms with E-state index in [2.05, 4.69) is 24.9 Å². The number of nitriles is 1. The maximum atomic E-state index is 12.8. The van der Waals surface area contributed by atoms with E-state index in [4.69, 9.17) is 0 Å². The van der Waals surface area contributed by atoms with Gasteiger partial charge in [-0.3, -0.25) is 4.57 Å². The lowest BCUT2D eigenvalue weighted by molar-refractivity contribution is -0.128. The van der Waals surface area contributed by atoms with Crippen molar-refractivity contribution in [2.75, 3.05) is 11.9 Å². The largest absolute Gasteiger partial charge is 0.407 e. The van der Waals surface area contributed by atoms with Crippen LogP contribution in [0.1, 0.15) is 60.8 Å². The summed E-state index contributed by atoms with van der Waals surface area (Å²) in [7, 11) is 3.49. The third kappa shape index (κ3) is 4.80. The molecular weight excluding hydrogens is 488 g/mol. The molecule has 0 aromatic carbocycles. The number of hydrogen-bond acceptors (Lipinski definition) is 9. The molecular formula is C24H25F2N7O2S. The molecule has 0 spiro atoms. The molecule has 0 unspecified atom stereocenters. The fourth-order valence-corrected chi connectivity index (χ4v) is 5.76. The highest BCUT2D eigenvalue weighted by atomic mass is 32.1. The molecule has 9 nitrogen and oxygen atoms in total. The number of aryl methyl sites for hydroxylation is 1. The van der Waals surface area contributed by atoms with E-state index in [-0.39, 0.29) is 17.7 Å². The summed E-state index contributed by atoms with van der Waals surface area (Å²) in [5.74, 6) is 0.831. The van der Waals surface area contributed by atoms with Gasteiger partial charge >= 0.3 is 12.3 Å². The number of rotatable bonds is 7. The molecule has 3 aromatic rings. The Balaban J connectivity index is 1.37. The normalized spacial score (nSPS) is 20.5. The van der Waals surface area contributed by atoms with Crippen molar-refractivity contribution in [2.24, 2.45) is 18.1 Å². The molecule has 2 fully saturated rings. The van der Waals surface area contributed by atoms with E-state index in [1.165, 1.54) is 4.57 Å². The first kappa shape index (κ1) is 24.2. The summed E-state index contributed by atoms with van der Waals surface area (Å²) in [6.07, 6.45) is 5.06. The molecule has 0 bridgehead atoms. The molecule has 0 saturated heterocycles. The van der Waals surface area contributed by atoms with Gasteiger partial charge in [0.15, 0.2) is 5.82 Å². The summed E-state index contributed by atoms with van der Waals surface area (Å²) >= 11 is 1.54. The Morgan fingerprint density at radius 1 is 1.22 bits per heavy atom. The van der Waals surface area contributed by atoms with Crippen molar-refractivity contribution >= 4 is 33.9 Å². The first-order chi connectivity index (χ1) is 17.4. The van der Waals surface area contributed by atoms with Crippen LogP contribution in [0.25, 0.3) is 11.0 Å². The molecule has 2 saturated carbocycles. The number of fused-ring (bicyclic) bond motifs is 1. The Bertz CT molecular complexity index is 1400. The fraction of sp³-hybridized carbons (Fsp3) is 0.500. The van der Waals surface area contributed by atoms with E-state index in [0.29, 0.717) is 47.0 Å². The van der Waals surface area contributed by atoms with Crippen molar-refractivity contribution in [1.82, 2.24) is 19.5 Å². The molecule has 188 valence electrons. The highest BCUT2D eigenvalue weighted by Crippen LogP contribution is 2.42. The average Bonchev–Trinajstić information content (AvgIpc) is 3.63. The Morgan fingerprint density at radius 2 is 1.97 bits per heavy atom. The number of hydrogen-bond donors (Lipinski definition) is 0. The number of aromatic nitrogens is 4. The minimum atomic E-state index is -2.99. The highest BCUT2D eigenvalue weighted by Gasteiger charge is 2.33. The van der Waals surface area contributed by atoms with E-state index in [9.17, 15) is 18.8 Å². The van der Waals surface area contributed by atoms with Gasteiger partial charge in [0, 0.05) is 37.4 Å². The predicted molar refractivity (Wildman–Crippen MR) is 131 cm³/mol. The minimum Gasteiger partial charge on any atom is -0.355 e. The molecule has 0 amide bonds. The van der Waals surface area contributed by atoms with E-state index in [0.717, 1.165) is 30.7 Å². The van der Waals surface area contributed by atoms with E-state index < -0.39 is 12.3 Å². The average molecular weight is 514 g/mol. The standard InChI is InChI=1S/C24H25F2N7O2S/c1-32(21-20-18(33(2)24(34)30-21)10-7-15(11-27)28-20)16-8-5-13(6-9-16)19(31-35-23(25)26)17-12-36-22(29-17)14-3-4-14/h7,10,12-14,16,23H,3-6,8-9H2,1-2H3/b31-19-. The smallest absolute Gasteiger partial charge is 0.355 e. The zero-order valence-corrected chi connectivity index (χ0v) is 20.7. The maximum absolute atomic E-state index is 12.8. The lowest BCUT2D eigenvalue weighted by atomic mass is 9.82. The van der Waals surface area contributed by atoms with Gasteiger partial charge in [0.25, 0.3) is 0 Å². The number of halogens is 2. The Kier molecular flexibility index (Phi) is 6.66. The molecule has 0 radical (unpaired) electrons. The number of nitrogens with zero attached hydrogens (tertiary/aromatic N) is 7. The number of oxime groups is 1. The van der Waals surface area contributed by atoms with Gasteiger partial charge in [-0.2, -0.15) is 19.0 Å². The van der Waals surface area contributed by atoms with Gasteiger partial charge in [-0.05, 0) is 50.7 Å². The van der Waals surface area contributed by atoms with Crippen LogP contribution in [-0.4, -0.2) is 44.9 Å². The highest BCUT2D eigenvalue weighted by molar-refractivity contribution is 7.10. The van der Waals surface area contributed by atoms with E-state index in [1.807, 2.05) is 23.4 Å². The predicted octanol–water partition coefficient (Wildman–Crippen LogP) is 4.17. The summed E-state index contributed by atoms with van der Waals surface area (Å²) in [6.45, 7) is -2.99. The Morgan fingerprint density at radius 3 is 2.64 bits per heavy atom. The van der Waals surface area contributed by atoms with Gasteiger partial charge < -0.3 is 9.74 Å². The SMILES string of the molecule is CN(c1nc(=O)n(C)c2ccc(C#N)nc12)C1CCC(/C(=N/OC(F)F)c2csc(C3CC3)n2)CC1. The minimum absolute atomic E-state index is 0.0475. The summed E-state index contributed by atoms with van der Waals surface area (Å²) in [6, 6.07) is 5.36. The first-order valence-electron chi connectivity index (χ1n) is 11.8. The summed E-state index contributed by atoms with van der Waals surface area (Å²) in [4.78, 5) is 32.1. The molecule has 0 aliphatic heterocycles. The van der Waals surface area contributed by atoms with Crippen LogP contribution in [-0.2, 0) is 11.9 Å².